The summed E-state index contributed by atoms with van der Waals surface area (Å²) in [5.74, 6) is 0.810. The van der Waals surface area contributed by atoms with Gasteiger partial charge in [0.1, 0.15) is 6.67 Å². The Kier molecular flexibility index (Phi) is 3.58. The second-order valence-corrected chi connectivity index (χ2v) is 8.37. The van der Waals surface area contributed by atoms with Crippen molar-refractivity contribution in [2.75, 3.05) is 11.6 Å². The summed E-state index contributed by atoms with van der Waals surface area (Å²) in [7, 11) is 0. The van der Waals surface area contributed by atoms with Crippen molar-refractivity contribution in [1.82, 2.24) is 4.90 Å². The molecule has 6 atom stereocenters. The molecule has 0 unspecified atom stereocenters. The highest BCUT2D eigenvalue weighted by molar-refractivity contribution is 6.07. The number of benzene rings is 1. The fourth-order valence-corrected chi connectivity index (χ4v) is 5.57. The Hall–Kier alpha value is -2.43. The second kappa shape index (κ2) is 5.78. The lowest BCUT2D eigenvalue weighted by Gasteiger charge is -2.37. The molecule has 3 fully saturated rings. The lowest BCUT2D eigenvalue weighted by Crippen LogP contribution is -2.44. The van der Waals surface area contributed by atoms with Gasteiger partial charge in [0, 0.05) is 12.6 Å². The Labute approximate surface area is 159 Å². The molecular formula is C22H24N2O3. The molecular weight excluding hydrogens is 340 g/mol. The van der Waals surface area contributed by atoms with Gasteiger partial charge in [-0.2, -0.15) is 0 Å². The lowest BCUT2D eigenvalue weighted by atomic mass is 9.63. The maximum Gasteiger partial charge on any atom is 0.235 e. The number of anilines is 1. The smallest absolute Gasteiger partial charge is 0.235 e. The summed E-state index contributed by atoms with van der Waals surface area (Å²) in [6, 6.07) is 7.74. The molecule has 5 aliphatic rings. The van der Waals surface area contributed by atoms with E-state index in [4.69, 9.17) is 0 Å². The number of likely N-dealkylation sites (tertiary alicyclic amines) is 1. The molecule has 140 valence electrons. The molecule has 6 rings (SSSR count). The highest BCUT2D eigenvalue weighted by Crippen LogP contribution is 2.65. The van der Waals surface area contributed by atoms with E-state index in [1.54, 1.807) is 0 Å². The summed E-state index contributed by atoms with van der Waals surface area (Å²) >= 11 is 0. The van der Waals surface area contributed by atoms with E-state index in [2.05, 4.69) is 19.1 Å². The molecule has 1 aliphatic heterocycles. The van der Waals surface area contributed by atoms with Gasteiger partial charge in [-0.3, -0.25) is 24.2 Å². The first kappa shape index (κ1) is 16.7. The maximum atomic E-state index is 13.1. The highest BCUT2D eigenvalue weighted by Gasteiger charge is 2.67. The van der Waals surface area contributed by atoms with E-state index in [1.807, 2.05) is 24.3 Å². The number of aryl methyl sites for hydroxylation is 1. The molecule has 5 nitrogen and oxygen atoms in total. The molecule has 27 heavy (non-hydrogen) atoms. The van der Waals surface area contributed by atoms with Crippen LogP contribution in [0.15, 0.2) is 36.4 Å². The first-order valence-electron chi connectivity index (χ1n) is 9.92. The molecule has 0 spiro atoms. The van der Waals surface area contributed by atoms with E-state index >= 15 is 0 Å². The number of imide groups is 1. The van der Waals surface area contributed by atoms with Gasteiger partial charge in [0.15, 0.2) is 0 Å². The number of rotatable bonds is 4. The van der Waals surface area contributed by atoms with Gasteiger partial charge in [-0.05, 0) is 54.2 Å². The van der Waals surface area contributed by atoms with Gasteiger partial charge in [0.2, 0.25) is 17.7 Å². The van der Waals surface area contributed by atoms with Crippen LogP contribution < -0.4 is 4.90 Å². The quantitative estimate of drug-likeness (QED) is 0.610. The van der Waals surface area contributed by atoms with Gasteiger partial charge in [-0.15, -0.1) is 0 Å². The fourth-order valence-electron chi connectivity index (χ4n) is 5.57. The second-order valence-electron chi connectivity index (χ2n) is 8.37. The van der Waals surface area contributed by atoms with Crippen molar-refractivity contribution in [1.29, 1.82) is 0 Å². The Morgan fingerprint density at radius 1 is 1.04 bits per heavy atom. The number of hydrogen-bond acceptors (Lipinski definition) is 3. The molecule has 0 N–H and O–H groups in total. The largest absolute Gasteiger partial charge is 0.294 e. The summed E-state index contributed by atoms with van der Waals surface area (Å²) < 4.78 is 0. The normalized spacial score (nSPS) is 35.3. The van der Waals surface area contributed by atoms with Crippen molar-refractivity contribution in [2.45, 2.75) is 26.7 Å². The first-order valence-corrected chi connectivity index (χ1v) is 9.92. The Balaban J connectivity index is 1.42. The van der Waals surface area contributed by atoms with E-state index in [1.165, 1.54) is 22.3 Å². The van der Waals surface area contributed by atoms with Crippen LogP contribution in [0.2, 0.25) is 0 Å². The van der Waals surface area contributed by atoms with Crippen molar-refractivity contribution < 1.29 is 14.4 Å². The first-order chi connectivity index (χ1) is 13.0. The monoisotopic (exact) mass is 364 g/mol. The van der Waals surface area contributed by atoms with E-state index in [0.717, 1.165) is 18.5 Å². The summed E-state index contributed by atoms with van der Waals surface area (Å²) in [6.07, 6.45) is 6.41. The molecule has 2 bridgehead atoms. The number of hydrogen-bond donors (Lipinski definition) is 0. The van der Waals surface area contributed by atoms with E-state index in [0.29, 0.717) is 11.8 Å². The number of nitrogens with zero attached hydrogens (tertiary/aromatic N) is 2. The number of amides is 3. The SMILES string of the molecule is CCc1ccc(N(CN2C(=O)[C@@H]3[C@H]4C=C[C@@H]([C@@H]5C[C@H]45)[C@@H]3C2=O)C(C)=O)cc1. The molecule has 1 saturated heterocycles. The molecule has 3 amide bonds. The standard InChI is InChI=1S/C22H24N2O3/c1-3-13-4-6-14(7-5-13)23(12(2)25)11-24-21(26)19-15-8-9-16(18-10-17(15)18)20(19)22(24)27/h4-9,15-20H,3,10-11H2,1-2H3/t15-,16-,17-,18+,19-,20+/m0/s1. The molecule has 0 aromatic heterocycles. The van der Waals surface area contributed by atoms with Crippen molar-refractivity contribution >= 4 is 23.4 Å². The van der Waals surface area contributed by atoms with Gasteiger partial charge < -0.3 is 0 Å². The van der Waals surface area contributed by atoms with Crippen LogP contribution in [0.1, 0.15) is 25.8 Å². The fraction of sp³-hybridized carbons (Fsp3) is 0.500. The lowest BCUT2D eigenvalue weighted by molar-refractivity contribution is -0.140. The minimum absolute atomic E-state index is 0.0141. The van der Waals surface area contributed by atoms with Crippen LogP contribution in [0.5, 0.6) is 0 Å². The van der Waals surface area contributed by atoms with Crippen molar-refractivity contribution in [3.8, 4) is 0 Å². The van der Waals surface area contributed by atoms with E-state index in [-0.39, 0.29) is 48.1 Å². The minimum Gasteiger partial charge on any atom is -0.294 e. The van der Waals surface area contributed by atoms with Crippen LogP contribution in [0.4, 0.5) is 5.69 Å². The summed E-state index contributed by atoms with van der Waals surface area (Å²) in [5, 5.41) is 0. The van der Waals surface area contributed by atoms with E-state index < -0.39 is 0 Å². The average molecular weight is 364 g/mol. The topological polar surface area (TPSA) is 57.7 Å². The van der Waals surface area contributed by atoms with Gasteiger partial charge in [0.25, 0.3) is 0 Å². The summed E-state index contributed by atoms with van der Waals surface area (Å²) in [5.41, 5.74) is 1.91. The predicted molar refractivity (Wildman–Crippen MR) is 100 cm³/mol. The van der Waals surface area contributed by atoms with Crippen LogP contribution in [0, 0.1) is 35.5 Å². The third-order valence-corrected chi connectivity index (χ3v) is 7.07. The summed E-state index contributed by atoms with van der Waals surface area (Å²) in [6.45, 7) is 3.57. The van der Waals surface area contributed by atoms with Gasteiger partial charge >= 0.3 is 0 Å². The third kappa shape index (κ3) is 2.33. The number of carbonyl (C=O) groups is 3. The molecule has 1 aromatic rings. The van der Waals surface area contributed by atoms with Gasteiger partial charge in [0.05, 0.1) is 11.8 Å². The molecule has 0 radical (unpaired) electrons. The molecule has 5 heteroatoms. The molecule has 4 aliphatic carbocycles. The van der Waals surface area contributed by atoms with Crippen molar-refractivity contribution in [2.24, 2.45) is 35.5 Å². The van der Waals surface area contributed by atoms with Crippen LogP contribution in [0.25, 0.3) is 0 Å². The molecule has 1 heterocycles. The van der Waals surface area contributed by atoms with E-state index in [9.17, 15) is 14.4 Å². The Bertz CT molecular complexity index is 823. The third-order valence-electron chi connectivity index (χ3n) is 7.07. The Morgan fingerprint density at radius 2 is 1.59 bits per heavy atom. The van der Waals surface area contributed by atoms with Crippen LogP contribution in [-0.2, 0) is 20.8 Å². The predicted octanol–water partition coefficient (Wildman–Crippen LogP) is 2.61. The van der Waals surface area contributed by atoms with Crippen LogP contribution in [-0.4, -0.2) is 29.3 Å². The average Bonchev–Trinajstić information content (AvgIpc) is 3.46. The van der Waals surface area contributed by atoms with Crippen LogP contribution >= 0.6 is 0 Å². The maximum absolute atomic E-state index is 13.1. The Morgan fingerprint density at radius 3 is 2.07 bits per heavy atom. The minimum atomic E-state index is -0.215. The number of allylic oxidation sites excluding steroid dienone is 2. The number of carbonyl (C=O) groups excluding carboxylic acids is 3. The van der Waals surface area contributed by atoms with Gasteiger partial charge in [-0.1, -0.05) is 31.2 Å². The molecule has 2 saturated carbocycles. The molecule has 1 aromatic carbocycles. The zero-order valence-electron chi connectivity index (χ0n) is 15.7. The zero-order chi connectivity index (χ0) is 18.9. The van der Waals surface area contributed by atoms with Crippen molar-refractivity contribution in [3.63, 3.8) is 0 Å². The van der Waals surface area contributed by atoms with Crippen molar-refractivity contribution in [3.05, 3.63) is 42.0 Å². The summed E-state index contributed by atoms with van der Waals surface area (Å²) in [4.78, 5) is 41.4. The van der Waals surface area contributed by atoms with Gasteiger partial charge in [-0.25, -0.2) is 0 Å². The highest BCUT2D eigenvalue weighted by atomic mass is 16.2. The van der Waals surface area contributed by atoms with Crippen LogP contribution in [0.3, 0.4) is 0 Å². The zero-order valence-corrected chi connectivity index (χ0v) is 15.7.